The number of anilines is 2. The molecule has 0 saturated heterocycles. The number of benzene rings is 1. The maximum absolute atomic E-state index is 12.4. The molecule has 5 nitrogen and oxygen atoms in total. The molecular formula is C18H25N2O3-. The summed E-state index contributed by atoms with van der Waals surface area (Å²) >= 11 is 0. The van der Waals surface area contributed by atoms with Crippen molar-refractivity contribution in [1.29, 1.82) is 0 Å². The Hall–Kier alpha value is -2.04. The van der Waals surface area contributed by atoms with Crippen molar-refractivity contribution in [3.8, 4) is 0 Å². The van der Waals surface area contributed by atoms with E-state index >= 15 is 0 Å². The van der Waals surface area contributed by atoms with E-state index < -0.39 is 17.8 Å². The summed E-state index contributed by atoms with van der Waals surface area (Å²) in [6.07, 6.45) is 2.88. The summed E-state index contributed by atoms with van der Waals surface area (Å²) in [5.41, 5.74) is 1.81. The van der Waals surface area contributed by atoms with Crippen molar-refractivity contribution in [2.75, 3.05) is 23.3 Å². The van der Waals surface area contributed by atoms with E-state index in [2.05, 4.69) is 24.1 Å². The largest absolute Gasteiger partial charge is 0.550 e. The summed E-state index contributed by atoms with van der Waals surface area (Å²) in [5, 5.41) is 14.1. The van der Waals surface area contributed by atoms with Crippen LogP contribution in [0.4, 0.5) is 11.4 Å². The second kappa shape index (κ2) is 7.99. The highest BCUT2D eigenvalue weighted by atomic mass is 16.4. The summed E-state index contributed by atoms with van der Waals surface area (Å²) in [7, 11) is 0. The van der Waals surface area contributed by atoms with Gasteiger partial charge in [-0.2, -0.15) is 0 Å². The Morgan fingerprint density at radius 2 is 1.65 bits per heavy atom. The van der Waals surface area contributed by atoms with Crippen molar-refractivity contribution in [3.05, 3.63) is 24.3 Å². The van der Waals surface area contributed by atoms with Gasteiger partial charge in [-0.25, -0.2) is 0 Å². The van der Waals surface area contributed by atoms with E-state index in [4.69, 9.17) is 0 Å². The number of hydrogen-bond donors (Lipinski definition) is 1. The maximum atomic E-state index is 12.4. The molecule has 1 aromatic carbocycles. The average molecular weight is 317 g/mol. The van der Waals surface area contributed by atoms with Crippen LogP contribution in [0.3, 0.4) is 0 Å². The molecule has 0 bridgehead atoms. The van der Waals surface area contributed by atoms with Crippen LogP contribution in [0.1, 0.15) is 39.5 Å². The van der Waals surface area contributed by atoms with Gasteiger partial charge >= 0.3 is 0 Å². The Morgan fingerprint density at radius 1 is 1.09 bits per heavy atom. The molecule has 1 saturated carbocycles. The van der Waals surface area contributed by atoms with Gasteiger partial charge in [0.1, 0.15) is 0 Å². The van der Waals surface area contributed by atoms with Gasteiger partial charge in [-0.15, -0.1) is 0 Å². The first-order valence-electron chi connectivity index (χ1n) is 8.43. The van der Waals surface area contributed by atoms with Crippen LogP contribution in [0.25, 0.3) is 0 Å². The monoisotopic (exact) mass is 317 g/mol. The Kier molecular flexibility index (Phi) is 6.02. The van der Waals surface area contributed by atoms with Crippen LogP contribution >= 0.6 is 0 Å². The number of carboxylic acid groups (broad SMARTS) is 1. The quantitative estimate of drug-likeness (QED) is 0.871. The predicted octanol–water partition coefficient (Wildman–Crippen LogP) is 2.03. The zero-order valence-electron chi connectivity index (χ0n) is 13.9. The van der Waals surface area contributed by atoms with Crippen molar-refractivity contribution in [3.63, 3.8) is 0 Å². The third-order valence-electron chi connectivity index (χ3n) is 4.67. The lowest BCUT2D eigenvalue weighted by Gasteiger charge is -2.31. The molecule has 126 valence electrons. The second-order valence-electron chi connectivity index (χ2n) is 6.02. The van der Waals surface area contributed by atoms with E-state index in [9.17, 15) is 14.7 Å². The lowest BCUT2D eigenvalue weighted by molar-refractivity contribution is -0.313. The Balaban J connectivity index is 2.03. The minimum Gasteiger partial charge on any atom is -0.550 e. The summed E-state index contributed by atoms with van der Waals surface area (Å²) in [6, 6.07) is 7.67. The highest BCUT2D eigenvalue weighted by molar-refractivity contribution is 5.95. The van der Waals surface area contributed by atoms with Crippen LogP contribution in [-0.2, 0) is 9.59 Å². The third-order valence-corrected chi connectivity index (χ3v) is 4.67. The summed E-state index contributed by atoms with van der Waals surface area (Å²) in [4.78, 5) is 25.8. The zero-order chi connectivity index (χ0) is 16.8. The molecule has 1 aliphatic carbocycles. The van der Waals surface area contributed by atoms with Crippen molar-refractivity contribution in [1.82, 2.24) is 0 Å². The summed E-state index contributed by atoms with van der Waals surface area (Å²) in [6.45, 7) is 6.06. The number of hydrogen-bond acceptors (Lipinski definition) is 4. The second-order valence-corrected chi connectivity index (χ2v) is 6.02. The number of aliphatic carboxylic acids is 1. The minimum atomic E-state index is -1.11. The molecule has 0 heterocycles. The van der Waals surface area contributed by atoms with E-state index in [0.717, 1.165) is 31.6 Å². The highest BCUT2D eigenvalue weighted by Crippen LogP contribution is 2.31. The number of carboxylic acids is 1. The number of nitrogens with one attached hydrogen (secondary N) is 1. The van der Waals surface area contributed by atoms with Gasteiger partial charge in [-0.05, 0) is 51.0 Å². The number of amides is 1. The van der Waals surface area contributed by atoms with Gasteiger partial charge < -0.3 is 20.1 Å². The van der Waals surface area contributed by atoms with Crippen LogP contribution in [0.15, 0.2) is 24.3 Å². The van der Waals surface area contributed by atoms with Crippen LogP contribution in [0.2, 0.25) is 0 Å². The van der Waals surface area contributed by atoms with Gasteiger partial charge in [0.2, 0.25) is 5.91 Å². The number of carbonyl (C=O) groups is 2. The van der Waals surface area contributed by atoms with Gasteiger partial charge in [0.05, 0.1) is 0 Å². The van der Waals surface area contributed by atoms with Gasteiger partial charge in [-0.1, -0.05) is 12.8 Å². The molecule has 0 radical (unpaired) electrons. The van der Waals surface area contributed by atoms with Gasteiger partial charge in [0.15, 0.2) is 0 Å². The highest BCUT2D eigenvalue weighted by Gasteiger charge is 2.31. The van der Waals surface area contributed by atoms with Crippen molar-refractivity contribution in [2.24, 2.45) is 11.8 Å². The smallest absolute Gasteiger partial charge is 0.228 e. The molecule has 2 unspecified atom stereocenters. The molecule has 2 rings (SSSR count). The average Bonchev–Trinajstić information content (AvgIpc) is 2.57. The molecule has 1 amide bonds. The first-order chi connectivity index (χ1) is 11.1. The van der Waals surface area contributed by atoms with E-state index in [-0.39, 0.29) is 5.91 Å². The fourth-order valence-corrected chi connectivity index (χ4v) is 3.31. The zero-order valence-corrected chi connectivity index (χ0v) is 13.9. The maximum Gasteiger partial charge on any atom is 0.228 e. The van der Waals surface area contributed by atoms with Crippen LogP contribution < -0.4 is 15.3 Å². The summed E-state index contributed by atoms with van der Waals surface area (Å²) in [5.74, 6) is -2.48. The number of nitrogens with zero attached hydrogens (tertiary/aromatic N) is 1. The molecule has 0 aromatic heterocycles. The Bertz CT molecular complexity index is 538. The first kappa shape index (κ1) is 17.3. The van der Waals surface area contributed by atoms with Crippen molar-refractivity contribution in [2.45, 2.75) is 39.5 Å². The van der Waals surface area contributed by atoms with Gasteiger partial charge in [0.25, 0.3) is 0 Å². The van der Waals surface area contributed by atoms with Gasteiger partial charge in [-0.3, -0.25) is 4.79 Å². The minimum absolute atomic E-state index is 0.213. The Labute approximate surface area is 137 Å². The third kappa shape index (κ3) is 4.24. The lowest BCUT2D eigenvalue weighted by Crippen LogP contribution is -2.42. The number of carbonyl (C=O) groups excluding carboxylic acids is 2. The van der Waals surface area contributed by atoms with E-state index in [1.807, 2.05) is 24.3 Å². The molecule has 1 N–H and O–H groups in total. The fourth-order valence-electron chi connectivity index (χ4n) is 3.31. The van der Waals surface area contributed by atoms with E-state index in [1.165, 1.54) is 0 Å². The fraction of sp³-hybridized carbons (Fsp3) is 0.556. The summed E-state index contributed by atoms with van der Waals surface area (Å²) < 4.78 is 0. The lowest BCUT2D eigenvalue weighted by atomic mass is 9.78. The SMILES string of the molecule is CCN(CC)c1ccc(NC(=O)C2CCCCC2C(=O)[O-])cc1. The molecule has 5 heteroatoms. The van der Waals surface area contributed by atoms with E-state index in [1.54, 1.807) is 0 Å². The van der Waals surface area contributed by atoms with Crippen LogP contribution in [0, 0.1) is 11.8 Å². The molecule has 1 aliphatic rings. The molecule has 1 aromatic rings. The molecule has 23 heavy (non-hydrogen) atoms. The topological polar surface area (TPSA) is 72.5 Å². The van der Waals surface area contributed by atoms with Crippen LogP contribution in [-0.4, -0.2) is 25.0 Å². The molecular weight excluding hydrogens is 292 g/mol. The molecule has 1 fully saturated rings. The predicted molar refractivity (Wildman–Crippen MR) is 89.1 cm³/mol. The van der Waals surface area contributed by atoms with Crippen molar-refractivity contribution >= 4 is 23.3 Å². The van der Waals surface area contributed by atoms with Crippen LogP contribution in [0.5, 0.6) is 0 Å². The van der Waals surface area contributed by atoms with Gasteiger partial charge in [0, 0.05) is 42.3 Å². The number of rotatable bonds is 6. The van der Waals surface area contributed by atoms with Crippen molar-refractivity contribution < 1.29 is 14.7 Å². The Morgan fingerprint density at radius 3 is 2.17 bits per heavy atom. The van der Waals surface area contributed by atoms with E-state index in [0.29, 0.717) is 18.5 Å². The normalized spacial score (nSPS) is 20.8. The molecule has 2 atom stereocenters. The molecule has 0 aliphatic heterocycles. The standard InChI is InChI=1S/C18H26N2O3/c1-3-20(4-2)14-11-9-13(10-12-14)19-17(21)15-7-5-6-8-16(15)18(22)23/h9-12,15-16H,3-8H2,1-2H3,(H,19,21)(H,22,23)/p-1. The molecule has 0 spiro atoms. The first-order valence-corrected chi connectivity index (χ1v) is 8.43.